The highest BCUT2D eigenvalue weighted by molar-refractivity contribution is 9.10. The Balaban J connectivity index is 3.21. The van der Waals surface area contributed by atoms with Crippen LogP contribution in [0.3, 0.4) is 0 Å². The van der Waals surface area contributed by atoms with Crippen molar-refractivity contribution in [3.05, 3.63) is 26.9 Å². The third-order valence-corrected chi connectivity index (χ3v) is 2.95. The van der Waals surface area contributed by atoms with E-state index in [0.29, 0.717) is 0 Å². The summed E-state index contributed by atoms with van der Waals surface area (Å²) in [5.41, 5.74) is -0.805. The highest BCUT2D eigenvalue weighted by atomic mass is 79.9. The van der Waals surface area contributed by atoms with Gasteiger partial charge in [0.25, 0.3) is 6.43 Å². The Kier molecular flexibility index (Phi) is 4.61. The quantitative estimate of drug-likeness (QED) is 0.800. The van der Waals surface area contributed by atoms with Crippen molar-refractivity contribution in [1.29, 1.82) is 0 Å². The first kappa shape index (κ1) is 13.3. The van der Waals surface area contributed by atoms with Crippen LogP contribution >= 0.6 is 27.5 Å². The molecule has 16 heavy (non-hydrogen) atoms. The predicted octanol–water partition coefficient (Wildman–Crippen LogP) is 3.61. The fourth-order valence-corrected chi connectivity index (χ4v) is 1.53. The molecule has 0 amide bonds. The molecule has 1 rings (SSSR count). The number of hydrogen-bond donors (Lipinski definition) is 0. The fourth-order valence-electron chi connectivity index (χ4n) is 0.963. The first-order chi connectivity index (χ1) is 7.47. The van der Waals surface area contributed by atoms with Crippen LogP contribution in [-0.4, -0.2) is 17.6 Å². The van der Waals surface area contributed by atoms with Crippen LogP contribution in [0.25, 0.3) is 0 Å². The Bertz CT molecular complexity index is 415. The van der Waals surface area contributed by atoms with Gasteiger partial charge in [-0.15, -0.1) is 0 Å². The van der Waals surface area contributed by atoms with Gasteiger partial charge in [-0.05, 0) is 28.9 Å². The number of hydrogen-bond acceptors (Lipinski definition) is 3. The first-order valence-corrected chi connectivity index (χ1v) is 5.45. The van der Waals surface area contributed by atoms with Gasteiger partial charge in [-0.3, -0.25) is 0 Å². The van der Waals surface area contributed by atoms with E-state index in [1.807, 2.05) is 0 Å². The Morgan fingerprint density at radius 2 is 2.31 bits per heavy atom. The van der Waals surface area contributed by atoms with Crippen molar-refractivity contribution in [3.63, 3.8) is 0 Å². The molecular formula is C9H7BrClF2NO2. The molecule has 3 nitrogen and oxygen atoms in total. The number of nitrogens with zero attached hydrogens (tertiary/aromatic N) is 1. The minimum atomic E-state index is -2.79. The van der Waals surface area contributed by atoms with Crippen molar-refractivity contribution in [3.8, 4) is 0 Å². The van der Waals surface area contributed by atoms with Crippen LogP contribution in [0.1, 0.15) is 29.5 Å². The SMILES string of the molecule is CCOC(=O)c1nc(C(F)F)cc(Cl)c1Br. The number of carbonyl (C=O) groups is 1. The van der Waals surface area contributed by atoms with E-state index >= 15 is 0 Å². The maximum atomic E-state index is 12.4. The summed E-state index contributed by atoms with van der Waals surface area (Å²) in [4.78, 5) is 14.9. The van der Waals surface area contributed by atoms with Gasteiger partial charge in [0.15, 0.2) is 5.69 Å². The summed E-state index contributed by atoms with van der Waals surface area (Å²) >= 11 is 8.67. The van der Waals surface area contributed by atoms with E-state index in [0.717, 1.165) is 6.07 Å². The van der Waals surface area contributed by atoms with E-state index < -0.39 is 18.1 Å². The summed E-state index contributed by atoms with van der Waals surface area (Å²) in [6, 6.07) is 0.999. The molecule has 88 valence electrons. The molecule has 0 aliphatic heterocycles. The van der Waals surface area contributed by atoms with Gasteiger partial charge < -0.3 is 4.74 Å². The first-order valence-electron chi connectivity index (χ1n) is 4.28. The van der Waals surface area contributed by atoms with Gasteiger partial charge in [-0.2, -0.15) is 0 Å². The van der Waals surface area contributed by atoms with Crippen molar-refractivity contribution in [1.82, 2.24) is 4.98 Å². The predicted molar refractivity (Wildman–Crippen MR) is 57.9 cm³/mol. The standard InChI is InChI=1S/C9H7BrClF2NO2/c1-2-16-9(15)7-6(10)4(11)3-5(14-7)8(12)13/h3,8H,2H2,1H3. The number of rotatable bonds is 3. The molecule has 0 aromatic carbocycles. The lowest BCUT2D eigenvalue weighted by atomic mass is 10.3. The molecule has 0 aliphatic carbocycles. The number of aromatic nitrogens is 1. The maximum absolute atomic E-state index is 12.4. The molecule has 1 aromatic rings. The maximum Gasteiger partial charge on any atom is 0.358 e. The van der Waals surface area contributed by atoms with Crippen molar-refractivity contribution < 1.29 is 18.3 Å². The van der Waals surface area contributed by atoms with Crippen LogP contribution in [-0.2, 0) is 4.74 Å². The second-order valence-corrected chi connectivity index (χ2v) is 3.91. The highest BCUT2D eigenvalue weighted by Gasteiger charge is 2.20. The summed E-state index contributed by atoms with van der Waals surface area (Å²) in [6.07, 6.45) is -2.79. The molecule has 0 spiro atoms. The lowest BCUT2D eigenvalue weighted by Crippen LogP contribution is -2.10. The van der Waals surface area contributed by atoms with Crippen molar-refractivity contribution in [2.45, 2.75) is 13.3 Å². The normalized spacial score (nSPS) is 10.6. The molecule has 0 N–H and O–H groups in total. The summed E-state index contributed by atoms with van der Waals surface area (Å²) in [5, 5.41) is -0.00615. The van der Waals surface area contributed by atoms with E-state index in [2.05, 4.69) is 25.7 Å². The highest BCUT2D eigenvalue weighted by Crippen LogP contribution is 2.29. The summed E-state index contributed by atoms with van der Waals surface area (Å²) in [7, 11) is 0. The monoisotopic (exact) mass is 313 g/mol. The molecule has 0 radical (unpaired) electrons. The lowest BCUT2D eigenvalue weighted by molar-refractivity contribution is 0.0516. The molecule has 1 heterocycles. The van der Waals surface area contributed by atoms with Gasteiger partial charge in [0.05, 0.1) is 16.1 Å². The zero-order valence-electron chi connectivity index (χ0n) is 8.14. The van der Waals surface area contributed by atoms with Gasteiger partial charge in [0, 0.05) is 0 Å². The topological polar surface area (TPSA) is 39.2 Å². The minimum absolute atomic E-state index is 0.00615. The molecule has 0 fully saturated rings. The van der Waals surface area contributed by atoms with Crippen molar-refractivity contribution in [2.24, 2.45) is 0 Å². The zero-order chi connectivity index (χ0) is 12.3. The molecule has 7 heteroatoms. The molecule has 1 aromatic heterocycles. The largest absolute Gasteiger partial charge is 0.461 e. The Morgan fingerprint density at radius 1 is 1.69 bits per heavy atom. The Hall–Kier alpha value is -0.750. The number of halogens is 4. The lowest BCUT2D eigenvalue weighted by Gasteiger charge is -2.07. The van der Waals surface area contributed by atoms with Crippen LogP contribution in [0.15, 0.2) is 10.5 Å². The average Bonchev–Trinajstić information content (AvgIpc) is 2.21. The van der Waals surface area contributed by atoms with Gasteiger partial charge in [-0.25, -0.2) is 18.6 Å². The zero-order valence-corrected chi connectivity index (χ0v) is 10.5. The number of esters is 1. The van der Waals surface area contributed by atoms with Crippen LogP contribution in [0.4, 0.5) is 8.78 Å². The summed E-state index contributed by atoms with van der Waals surface area (Å²) in [6.45, 7) is 1.73. The minimum Gasteiger partial charge on any atom is -0.461 e. The third kappa shape index (κ3) is 2.89. The van der Waals surface area contributed by atoms with Crippen LogP contribution < -0.4 is 0 Å². The molecule has 0 bridgehead atoms. The van der Waals surface area contributed by atoms with Crippen molar-refractivity contribution in [2.75, 3.05) is 6.61 Å². The van der Waals surface area contributed by atoms with Crippen LogP contribution in [0.2, 0.25) is 5.02 Å². The number of ether oxygens (including phenoxy) is 1. The third-order valence-electron chi connectivity index (χ3n) is 1.63. The molecule has 0 aliphatic rings. The molecule has 0 unspecified atom stereocenters. The molecule has 0 atom stereocenters. The Morgan fingerprint density at radius 3 is 2.81 bits per heavy atom. The second-order valence-electron chi connectivity index (χ2n) is 2.71. The van der Waals surface area contributed by atoms with Crippen LogP contribution in [0, 0.1) is 0 Å². The number of pyridine rings is 1. The molecule has 0 saturated heterocycles. The van der Waals surface area contributed by atoms with Gasteiger partial charge in [0.2, 0.25) is 0 Å². The summed E-state index contributed by atoms with van der Waals surface area (Å²) < 4.78 is 29.7. The van der Waals surface area contributed by atoms with Gasteiger partial charge in [0.1, 0.15) is 5.69 Å². The smallest absolute Gasteiger partial charge is 0.358 e. The van der Waals surface area contributed by atoms with E-state index in [1.54, 1.807) is 6.92 Å². The number of carbonyl (C=O) groups excluding carboxylic acids is 1. The molecular weight excluding hydrogens is 307 g/mol. The fraction of sp³-hybridized carbons (Fsp3) is 0.333. The van der Waals surface area contributed by atoms with Crippen molar-refractivity contribution >= 4 is 33.5 Å². The summed E-state index contributed by atoms with van der Waals surface area (Å²) in [5.74, 6) is -0.793. The van der Waals surface area contributed by atoms with E-state index in [-0.39, 0.29) is 21.8 Å². The van der Waals surface area contributed by atoms with Crippen LogP contribution in [0.5, 0.6) is 0 Å². The van der Waals surface area contributed by atoms with E-state index in [1.165, 1.54) is 0 Å². The Labute approximate surface area is 104 Å². The number of alkyl halides is 2. The van der Waals surface area contributed by atoms with Gasteiger partial charge in [-0.1, -0.05) is 11.6 Å². The molecule has 0 saturated carbocycles. The van der Waals surface area contributed by atoms with E-state index in [9.17, 15) is 13.6 Å². The van der Waals surface area contributed by atoms with E-state index in [4.69, 9.17) is 11.6 Å². The average molecular weight is 315 g/mol. The second kappa shape index (κ2) is 5.54. The van der Waals surface area contributed by atoms with Gasteiger partial charge >= 0.3 is 5.97 Å².